The second kappa shape index (κ2) is 18.5. The Morgan fingerprint density at radius 1 is 0.869 bits per heavy atom. The van der Waals surface area contributed by atoms with Crippen LogP contribution >= 0.6 is 11.6 Å². The number of carbonyl (C=O) groups excluding carboxylic acids is 2. The molecule has 4 atom stereocenters. The predicted molar refractivity (Wildman–Crippen MR) is 244 cm³/mol. The second-order valence-corrected chi connectivity index (χ2v) is 21.6. The van der Waals surface area contributed by atoms with Crippen LogP contribution in [-0.4, -0.2) is 71.9 Å². The molecule has 1 fully saturated rings. The van der Waals surface area contributed by atoms with Gasteiger partial charge in [-0.1, -0.05) is 136 Å². The maximum Gasteiger partial charge on any atom is 0.488 e. The van der Waals surface area contributed by atoms with Crippen LogP contribution in [0.2, 0.25) is 10.1 Å². The zero-order valence-electron chi connectivity index (χ0n) is 34.5. The van der Waals surface area contributed by atoms with Crippen molar-refractivity contribution >= 4 is 72.0 Å². The largest absolute Gasteiger partial charge is 0.508 e. The van der Waals surface area contributed by atoms with E-state index < -0.39 is 57.7 Å². The molecule has 5 aromatic carbocycles. The first-order valence-electron chi connectivity index (χ1n) is 20.6. The molecule has 1 aliphatic carbocycles. The van der Waals surface area contributed by atoms with E-state index in [2.05, 4.69) is 45.0 Å². The topological polar surface area (TPSA) is 148 Å². The van der Waals surface area contributed by atoms with E-state index in [-0.39, 0.29) is 41.4 Å². The molecular formula is C49H51BClNO8Si. The van der Waals surface area contributed by atoms with Crippen molar-refractivity contribution in [3.8, 4) is 5.75 Å². The van der Waals surface area contributed by atoms with Gasteiger partial charge in [-0.2, -0.15) is 0 Å². The van der Waals surface area contributed by atoms with Crippen molar-refractivity contribution in [1.82, 2.24) is 0 Å². The molecule has 2 amide bonds. The summed E-state index contributed by atoms with van der Waals surface area (Å²) in [7, 11) is -4.95. The van der Waals surface area contributed by atoms with Gasteiger partial charge in [-0.25, -0.2) is 0 Å². The molecule has 1 aliphatic heterocycles. The Labute approximate surface area is 363 Å². The number of nitrogens with zero attached hydrogens (tertiary/aromatic N) is 1. The Morgan fingerprint density at radius 3 is 2.07 bits per heavy atom. The third-order valence-electron chi connectivity index (χ3n) is 12.2. The first kappa shape index (κ1) is 44.0. The van der Waals surface area contributed by atoms with Crippen LogP contribution in [0.15, 0.2) is 145 Å². The molecule has 1 heterocycles. The Kier molecular flexibility index (Phi) is 13.3. The highest BCUT2D eigenvalue weighted by molar-refractivity contribution is 6.99. The van der Waals surface area contributed by atoms with Crippen LogP contribution in [0.1, 0.15) is 51.2 Å². The maximum atomic E-state index is 14.5. The number of fused-ring (bicyclic) bond motifs is 1. The van der Waals surface area contributed by atoms with Crippen molar-refractivity contribution in [1.29, 1.82) is 0 Å². The lowest BCUT2D eigenvalue weighted by Gasteiger charge is -2.44. The van der Waals surface area contributed by atoms with E-state index in [1.165, 1.54) is 18.2 Å². The van der Waals surface area contributed by atoms with Gasteiger partial charge in [-0.05, 0) is 104 Å². The second-order valence-electron chi connectivity index (χ2n) is 16.9. The number of halogens is 1. The number of hydrogen-bond donors (Lipinski definition) is 5. The third-order valence-corrected chi connectivity index (χ3v) is 17.5. The van der Waals surface area contributed by atoms with Crippen LogP contribution in [0.3, 0.4) is 0 Å². The normalized spacial score (nSPS) is 19.0. The fraction of sp³-hybridized carbons (Fsp3) is 0.265. The van der Waals surface area contributed by atoms with E-state index in [4.69, 9.17) is 16.0 Å². The highest BCUT2D eigenvalue weighted by Gasteiger charge is 2.56. The molecule has 2 aliphatic rings. The number of phenolic OH excluding ortho intramolecular Hbond substituents is 1. The first-order valence-corrected chi connectivity index (χ1v) is 22.9. The summed E-state index contributed by atoms with van der Waals surface area (Å²) in [6.07, 6.45) is 1.46. The number of allylic oxidation sites excluding steroid dienone is 1. The summed E-state index contributed by atoms with van der Waals surface area (Å²) in [4.78, 5) is 30.0. The van der Waals surface area contributed by atoms with E-state index in [9.17, 15) is 35.0 Å². The molecule has 0 radical (unpaired) electrons. The molecule has 7 rings (SSSR count). The molecular weight excluding hydrogens is 805 g/mol. The summed E-state index contributed by atoms with van der Waals surface area (Å²) < 4.78 is 7.42. The number of imide groups is 1. The SMILES string of the molecule is CC(C)(C)[Si](OCC1=C([C@H](O)CC/C(=C/c2ccc(O)cc2Cl)c2ccccc2)[C@H](CO)[C@@H]2C(=O)N(c3cccc(B(O)O)c3)C(=O)[C@@H]2C1)(c1ccccc1)c1ccccc1. The lowest BCUT2D eigenvalue weighted by atomic mass is 9.68. The van der Waals surface area contributed by atoms with E-state index in [0.717, 1.165) is 26.4 Å². The standard InChI is InChI=1S/C49H51BClNO8Si/c1-49(2,3)61(39-18-9-5-10-19-39,40-20-11-6-12-21-40)60-31-35-27-41-46(48(57)52(47(41)56)37-17-13-16-36(28-37)50(58)59)42(30-53)45(35)44(55)25-23-33(32-14-7-4-8-15-32)26-34-22-24-38(54)29-43(34)51/h4-22,24,26,28-29,41-42,44,46,53-55,58-59H,23,25,27,30-31H2,1-3H3/b33-26-/t41-,42+,44-,46-/m1/s1. The van der Waals surface area contributed by atoms with Crippen LogP contribution in [0, 0.1) is 17.8 Å². The molecule has 314 valence electrons. The molecule has 61 heavy (non-hydrogen) atoms. The molecule has 9 nitrogen and oxygen atoms in total. The highest BCUT2D eigenvalue weighted by atomic mass is 35.5. The number of aromatic hydroxyl groups is 1. The van der Waals surface area contributed by atoms with Gasteiger partial charge in [0.15, 0.2) is 0 Å². The molecule has 0 unspecified atom stereocenters. The van der Waals surface area contributed by atoms with E-state index in [1.54, 1.807) is 24.3 Å². The quantitative estimate of drug-likeness (QED) is 0.0390. The molecule has 0 bridgehead atoms. The van der Waals surface area contributed by atoms with Gasteiger partial charge < -0.3 is 29.8 Å². The molecule has 0 spiro atoms. The molecule has 5 N–H and O–H groups in total. The smallest absolute Gasteiger partial charge is 0.488 e. The van der Waals surface area contributed by atoms with Gasteiger partial charge in [-0.15, -0.1) is 0 Å². The van der Waals surface area contributed by atoms with Crippen molar-refractivity contribution < 1.29 is 39.4 Å². The van der Waals surface area contributed by atoms with Gasteiger partial charge in [-0.3, -0.25) is 14.5 Å². The summed E-state index contributed by atoms with van der Waals surface area (Å²) >= 11 is 6.56. The van der Waals surface area contributed by atoms with Gasteiger partial charge in [0.25, 0.3) is 8.32 Å². The summed E-state index contributed by atoms with van der Waals surface area (Å²) in [5.74, 6) is -3.72. The number of phenols is 1. The molecule has 1 saturated heterocycles. The minimum atomic E-state index is -3.14. The third kappa shape index (κ3) is 8.83. The number of anilines is 1. The summed E-state index contributed by atoms with van der Waals surface area (Å²) in [5, 5.41) is 55.8. The average Bonchev–Trinajstić information content (AvgIpc) is 3.51. The van der Waals surface area contributed by atoms with Crippen molar-refractivity contribution in [3.63, 3.8) is 0 Å². The van der Waals surface area contributed by atoms with Crippen molar-refractivity contribution in [2.45, 2.75) is 51.2 Å². The van der Waals surface area contributed by atoms with E-state index in [1.807, 2.05) is 72.8 Å². The number of aliphatic hydroxyl groups excluding tert-OH is 2. The minimum Gasteiger partial charge on any atom is -0.508 e. The predicted octanol–water partition coefficient (Wildman–Crippen LogP) is 6.10. The molecule has 0 saturated carbocycles. The van der Waals surface area contributed by atoms with Crippen LogP contribution in [0.4, 0.5) is 5.69 Å². The number of amides is 2. The van der Waals surface area contributed by atoms with E-state index >= 15 is 0 Å². The fourth-order valence-corrected chi connectivity index (χ4v) is 14.1. The number of aliphatic hydroxyl groups is 2. The number of benzene rings is 5. The fourth-order valence-electron chi connectivity index (χ4n) is 9.35. The van der Waals surface area contributed by atoms with Crippen molar-refractivity contribution in [2.24, 2.45) is 17.8 Å². The number of carbonyl (C=O) groups is 2. The van der Waals surface area contributed by atoms with Crippen LogP contribution < -0.4 is 20.7 Å². The molecule has 12 heteroatoms. The van der Waals surface area contributed by atoms with Gasteiger partial charge in [0.2, 0.25) is 11.8 Å². The summed E-state index contributed by atoms with van der Waals surface area (Å²) in [6, 6.07) is 40.8. The monoisotopic (exact) mass is 855 g/mol. The zero-order chi connectivity index (χ0) is 43.5. The lowest BCUT2D eigenvalue weighted by molar-refractivity contribution is -0.123. The van der Waals surface area contributed by atoms with Crippen LogP contribution in [0.25, 0.3) is 11.6 Å². The van der Waals surface area contributed by atoms with Crippen molar-refractivity contribution in [2.75, 3.05) is 18.1 Å². The van der Waals surface area contributed by atoms with Gasteiger partial charge in [0.1, 0.15) is 5.75 Å². The Hall–Kier alpha value is -5.11. The van der Waals surface area contributed by atoms with Gasteiger partial charge >= 0.3 is 7.12 Å². The Balaban J connectivity index is 1.32. The van der Waals surface area contributed by atoms with Crippen LogP contribution in [0.5, 0.6) is 5.75 Å². The van der Waals surface area contributed by atoms with Crippen LogP contribution in [-0.2, 0) is 14.0 Å². The molecule has 5 aromatic rings. The van der Waals surface area contributed by atoms with Gasteiger partial charge in [0.05, 0.1) is 41.9 Å². The van der Waals surface area contributed by atoms with Gasteiger partial charge in [0, 0.05) is 5.92 Å². The zero-order valence-corrected chi connectivity index (χ0v) is 36.2. The molecule has 0 aromatic heterocycles. The highest BCUT2D eigenvalue weighted by Crippen LogP contribution is 2.48. The maximum absolute atomic E-state index is 14.5. The van der Waals surface area contributed by atoms with E-state index in [0.29, 0.717) is 28.2 Å². The summed E-state index contributed by atoms with van der Waals surface area (Å²) in [6.45, 7) is 6.04. The number of hydrogen-bond acceptors (Lipinski definition) is 8. The Bertz CT molecular complexity index is 2380. The summed E-state index contributed by atoms with van der Waals surface area (Å²) in [5.41, 5.74) is 3.94. The minimum absolute atomic E-state index is 0.0392. The van der Waals surface area contributed by atoms with Crippen molar-refractivity contribution in [3.05, 3.63) is 161 Å². The lowest BCUT2D eigenvalue weighted by Crippen LogP contribution is -2.66. The average molecular weight is 856 g/mol. The number of rotatable bonds is 14. The first-order chi connectivity index (χ1) is 29.2. The Morgan fingerprint density at radius 2 is 1.49 bits per heavy atom.